The lowest BCUT2D eigenvalue weighted by Crippen LogP contribution is -2.36. The van der Waals surface area contributed by atoms with Gasteiger partial charge < -0.3 is 0 Å². The van der Waals surface area contributed by atoms with Crippen LogP contribution in [-0.4, -0.2) is 11.6 Å². The molecule has 2 aromatic carbocycles. The minimum atomic E-state index is -0.715. The molecule has 0 aromatic heterocycles. The van der Waals surface area contributed by atoms with E-state index in [0.29, 0.717) is 11.1 Å². The lowest BCUT2D eigenvalue weighted by molar-refractivity contribution is 0.0738. The van der Waals surface area contributed by atoms with E-state index in [1.165, 1.54) is 5.57 Å². The van der Waals surface area contributed by atoms with Crippen molar-refractivity contribution in [3.63, 3.8) is 0 Å². The van der Waals surface area contributed by atoms with Crippen LogP contribution in [0.15, 0.2) is 85.0 Å². The molecular weight excluding hydrogens is 332 g/mol. The van der Waals surface area contributed by atoms with Crippen LogP contribution in [0.4, 0.5) is 0 Å². The standard InChI is InChI=1S/C25H24O2/c1-17-13-15-25(2)16-14-20(22(17)25)21(23(26)18-9-5-3-6-10-18)24(27)19-11-7-4-8-12-19/h3-12,14,16,20-22H,1,13,15H2,2H3/t20-,22-,25+/m1/s1. The quantitative estimate of drug-likeness (QED) is 0.401. The third-order valence-electron chi connectivity index (χ3n) is 6.29. The molecule has 0 aliphatic heterocycles. The van der Waals surface area contributed by atoms with Gasteiger partial charge in [0, 0.05) is 17.0 Å². The van der Waals surface area contributed by atoms with E-state index in [4.69, 9.17) is 0 Å². The van der Waals surface area contributed by atoms with Crippen LogP contribution >= 0.6 is 0 Å². The lowest BCUT2D eigenvalue weighted by Gasteiger charge is -2.31. The third-order valence-corrected chi connectivity index (χ3v) is 6.29. The zero-order valence-corrected chi connectivity index (χ0v) is 15.6. The average molecular weight is 356 g/mol. The zero-order valence-electron chi connectivity index (χ0n) is 15.6. The largest absolute Gasteiger partial charge is 0.293 e. The van der Waals surface area contributed by atoms with Gasteiger partial charge in [-0.1, -0.05) is 91.9 Å². The second-order valence-electron chi connectivity index (χ2n) is 8.02. The number of benzene rings is 2. The topological polar surface area (TPSA) is 34.1 Å². The first-order valence-corrected chi connectivity index (χ1v) is 9.57. The van der Waals surface area contributed by atoms with Crippen molar-refractivity contribution in [2.24, 2.45) is 23.2 Å². The maximum absolute atomic E-state index is 13.5. The molecule has 0 bridgehead atoms. The highest BCUT2D eigenvalue weighted by Gasteiger charge is 2.51. The first kappa shape index (κ1) is 17.7. The van der Waals surface area contributed by atoms with Gasteiger partial charge in [-0.25, -0.2) is 0 Å². The van der Waals surface area contributed by atoms with Gasteiger partial charge in [-0.3, -0.25) is 9.59 Å². The van der Waals surface area contributed by atoms with Crippen LogP contribution in [0.25, 0.3) is 0 Å². The molecule has 27 heavy (non-hydrogen) atoms. The molecule has 0 radical (unpaired) electrons. The predicted octanol–water partition coefficient (Wildman–Crippen LogP) is 5.53. The van der Waals surface area contributed by atoms with Gasteiger partial charge in [0.25, 0.3) is 0 Å². The Morgan fingerprint density at radius 2 is 1.48 bits per heavy atom. The number of carbonyl (C=O) groups is 2. The molecule has 136 valence electrons. The molecule has 2 aromatic rings. The molecule has 0 spiro atoms. The Morgan fingerprint density at radius 3 is 2.00 bits per heavy atom. The highest BCUT2D eigenvalue weighted by molar-refractivity contribution is 6.16. The van der Waals surface area contributed by atoms with Crippen molar-refractivity contribution < 1.29 is 9.59 Å². The van der Waals surface area contributed by atoms with Gasteiger partial charge in [0.1, 0.15) is 0 Å². The molecule has 0 heterocycles. The summed E-state index contributed by atoms with van der Waals surface area (Å²) in [5.41, 5.74) is 2.36. The van der Waals surface area contributed by atoms with Crippen molar-refractivity contribution >= 4 is 11.6 Å². The summed E-state index contributed by atoms with van der Waals surface area (Å²) in [5.74, 6) is -0.882. The second kappa shape index (κ2) is 6.77. The molecule has 4 rings (SSSR count). The number of hydrogen-bond donors (Lipinski definition) is 0. The lowest BCUT2D eigenvalue weighted by atomic mass is 9.70. The molecule has 2 nitrogen and oxygen atoms in total. The van der Waals surface area contributed by atoms with Gasteiger partial charge >= 0.3 is 0 Å². The van der Waals surface area contributed by atoms with Gasteiger partial charge in [-0.2, -0.15) is 0 Å². The Labute approximate surface area is 160 Å². The monoisotopic (exact) mass is 356 g/mol. The molecule has 0 N–H and O–H groups in total. The molecular formula is C25H24O2. The van der Waals surface area contributed by atoms with E-state index in [9.17, 15) is 9.59 Å². The van der Waals surface area contributed by atoms with Crippen molar-refractivity contribution in [1.29, 1.82) is 0 Å². The van der Waals surface area contributed by atoms with E-state index in [0.717, 1.165) is 12.8 Å². The number of Topliss-reactive ketones (excluding diaryl/α,β-unsaturated/α-hetero) is 2. The van der Waals surface area contributed by atoms with Crippen LogP contribution in [0.5, 0.6) is 0 Å². The summed E-state index contributed by atoms with van der Waals surface area (Å²) in [7, 11) is 0. The Bertz CT molecular complexity index is 858. The average Bonchev–Trinajstić information content (AvgIpc) is 3.19. The van der Waals surface area contributed by atoms with Crippen LogP contribution in [-0.2, 0) is 0 Å². The van der Waals surface area contributed by atoms with Crippen LogP contribution in [0.3, 0.4) is 0 Å². The van der Waals surface area contributed by atoms with Crippen molar-refractivity contribution in [3.05, 3.63) is 96.1 Å². The summed E-state index contributed by atoms with van der Waals surface area (Å²) in [6.45, 7) is 6.50. The fourth-order valence-corrected chi connectivity index (χ4v) is 4.88. The number of rotatable bonds is 5. The minimum Gasteiger partial charge on any atom is -0.293 e. The SMILES string of the molecule is C=C1CC[C@@]2(C)C=C[C@H](C(C(=O)c3ccccc3)C(=O)c3ccccc3)[C@@H]12. The molecule has 1 saturated carbocycles. The van der Waals surface area contributed by atoms with Gasteiger partial charge in [-0.15, -0.1) is 0 Å². The number of allylic oxidation sites excluding steroid dienone is 3. The summed E-state index contributed by atoms with van der Waals surface area (Å²) in [6.07, 6.45) is 6.31. The fraction of sp³-hybridized carbons (Fsp3) is 0.280. The predicted molar refractivity (Wildman–Crippen MR) is 108 cm³/mol. The number of fused-ring (bicyclic) bond motifs is 1. The van der Waals surface area contributed by atoms with Gasteiger partial charge in [-0.05, 0) is 24.2 Å². The maximum Gasteiger partial charge on any atom is 0.174 e. The Morgan fingerprint density at radius 1 is 0.963 bits per heavy atom. The van der Waals surface area contributed by atoms with Crippen LogP contribution in [0.2, 0.25) is 0 Å². The van der Waals surface area contributed by atoms with Crippen molar-refractivity contribution in [2.45, 2.75) is 19.8 Å². The summed E-state index contributed by atoms with van der Waals surface area (Å²) >= 11 is 0. The van der Waals surface area contributed by atoms with E-state index in [2.05, 4.69) is 25.7 Å². The van der Waals surface area contributed by atoms with E-state index in [1.807, 2.05) is 36.4 Å². The number of ketones is 2. The van der Waals surface area contributed by atoms with Gasteiger partial charge in [0.15, 0.2) is 11.6 Å². The van der Waals surface area contributed by atoms with Crippen molar-refractivity contribution in [2.75, 3.05) is 0 Å². The minimum absolute atomic E-state index is 0.00787. The highest BCUT2D eigenvalue weighted by atomic mass is 16.2. The second-order valence-corrected chi connectivity index (χ2v) is 8.02. The van der Waals surface area contributed by atoms with Crippen LogP contribution in [0, 0.1) is 23.2 Å². The molecule has 3 atom stereocenters. The maximum atomic E-state index is 13.5. The first-order valence-electron chi connectivity index (χ1n) is 9.57. The molecule has 0 unspecified atom stereocenters. The van der Waals surface area contributed by atoms with E-state index in [1.54, 1.807) is 24.3 Å². The highest BCUT2D eigenvalue weighted by Crippen LogP contribution is 2.57. The molecule has 2 aliphatic rings. The van der Waals surface area contributed by atoms with Crippen LogP contribution in [0.1, 0.15) is 40.5 Å². The van der Waals surface area contributed by atoms with Gasteiger partial charge in [0.2, 0.25) is 0 Å². The Kier molecular flexibility index (Phi) is 4.43. The summed E-state index contributed by atoms with van der Waals surface area (Å²) < 4.78 is 0. The molecule has 0 saturated heterocycles. The smallest absolute Gasteiger partial charge is 0.174 e. The van der Waals surface area contributed by atoms with Crippen molar-refractivity contribution in [3.8, 4) is 0 Å². The number of hydrogen-bond acceptors (Lipinski definition) is 2. The summed E-state index contributed by atoms with van der Waals surface area (Å²) in [4.78, 5) is 26.9. The molecule has 1 fully saturated rings. The summed E-state index contributed by atoms with van der Waals surface area (Å²) in [5, 5.41) is 0. The fourth-order valence-electron chi connectivity index (χ4n) is 4.88. The first-order chi connectivity index (χ1) is 13.0. The van der Waals surface area contributed by atoms with E-state index < -0.39 is 5.92 Å². The van der Waals surface area contributed by atoms with E-state index >= 15 is 0 Å². The molecule has 2 aliphatic carbocycles. The zero-order chi connectivity index (χ0) is 19.0. The van der Waals surface area contributed by atoms with E-state index in [-0.39, 0.29) is 28.8 Å². The molecule has 2 heteroatoms. The van der Waals surface area contributed by atoms with Gasteiger partial charge in [0.05, 0.1) is 5.92 Å². The summed E-state index contributed by atoms with van der Waals surface area (Å²) in [6, 6.07) is 18.4. The van der Waals surface area contributed by atoms with Crippen molar-refractivity contribution in [1.82, 2.24) is 0 Å². The third kappa shape index (κ3) is 2.99. The van der Waals surface area contributed by atoms with Crippen LogP contribution < -0.4 is 0 Å². The molecule has 0 amide bonds. The normalized spacial score (nSPS) is 26.4. The Balaban J connectivity index is 1.77. The Hall–Kier alpha value is -2.74. The number of carbonyl (C=O) groups excluding carboxylic acids is 2.